The third-order valence-electron chi connectivity index (χ3n) is 5.66. The molecule has 0 atom stereocenters. The van der Waals surface area contributed by atoms with Crippen LogP contribution >= 0.6 is 0 Å². The lowest BCUT2D eigenvalue weighted by Crippen LogP contribution is -2.37. The van der Waals surface area contributed by atoms with Gasteiger partial charge in [0.15, 0.2) is 0 Å². The number of nitrogens with one attached hydrogen (secondary N) is 1. The molecule has 1 aromatic heterocycles. The molecule has 10 heteroatoms. The molecule has 0 radical (unpaired) electrons. The summed E-state index contributed by atoms with van der Waals surface area (Å²) in [5.74, 6) is -0.0205. The Hall–Kier alpha value is -3.37. The van der Waals surface area contributed by atoms with Crippen molar-refractivity contribution in [1.82, 2.24) is 14.5 Å². The van der Waals surface area contributed by atoms with Gasteiger partial charge in [-0.05, 0) is 29.3 Å². The van der Waals surface area contributed by atoms with Crippen molar-refractivity contribution in [3.05, 3.63) is 77.6 Å². The fourth-order valence-corrected chi connectivity index (χ4v) is 6.26. The maximum absolute atomic E-state index is 13.4. The van der Waals surface area contributed by atoms with Crippen molar-refractivity contribution in [3.63, 3.8) is 0 Å². The first kappa shape index (κ1) is 24.7. The number of ether oxygens (including phenoxy) is 1. The number of aromatic amines is 1. The van der Waals surface area contributed by atoms with E-state index in [1.165, 1.54) is 0 Å². The van der Waals surface area contributed by atoms with Crippen LogP contribution in [0.2, 0.25) is 25.7 Å². The van der Waals surface area contributed by atoms with Crippen LogP contribution in [0, 0.1) is 0 Å². The third kappa shape index (κ3) is 6.01. The highest BCUT2D eigenvalue weighted by molar-refractivity contribution is 7.91. The summed E-state index contributed by atoms with van der Waals surface area (Å²) in [5, 5.41) is 6.70. The van der Waals surface area contributed by atoms with Gasteiger partial charge in [0.05, 0.1) is 11.9 Å². The Labute approximate surface area is 207 Å². The molecule has 1 fully saturated rings. The molecule has 2 heterocycles. The summed E-state index contributed by atoms with van der Waals surface area (Å²) in [6.07, 6.45) is 7.27. The molecule has 0 unspecified atom stereocenters. The number of hydrogen-bond acceptors (Lipinski definition) is 5. The van der Waals surface area contributed by atoms with E-state index in [4.69, 9.17) is 4.74 Å². The Bertz CT molecular complexity index is 1300. The fourth-order valence-electron chi connectivity index (χ4n) is 3.65. The maximum atomic E-state index is 13.4. The van der Waals surface area contributed by atoms with E-state index >= 15 is 0 Å². The second kappa shape index (κ2) is 10.1. The minimum Gasteiger partial charge on any atom is -0.487 e. The molecule has 0 saturated carbocycles. The average Bonchev–Trinajstić information content (AvgIpc) is 3.41. The summed E-state index contributed by atoms with van der Waals surface area (Å²) in [6.45, 7) is 6.71. The van der Waals surface area contributed by atoms with Crippen LogP contribution in [0.5, 0.6) is 5.75 Å². The molecule has 0 spiro atoms. The Kier molecular flexibility index (Phi) is 7.13. The molecule has 8 nitrogen and oxygen atoms in total. The van der Waals surface area contributed by atoms with Crippen LogP contribution in [-0.2, 0) is 21.6 Å². The lowest BCUT2D eigenvalue weighted by Gasteiger charge is -2.24. The van der Waals surface area contributed by atoms with Crippen molar-refractivity contribution < 1.29 is 17.9 Å². The SMILES string of the molecule is C[Si](C)(C)CCN1C(=O)CN(c2ccc(/C=C/c3cn[nH]c3)cc2OCc2ccccc2)S1(=O)=O. The Morgan fingerprint density at radius 3 is 2.51 bits per heavy atom. The quantitative estimate of drug-likeness (QED) is 0.431. The van der Waals surface area contributed by atoms with Crippen LogP contribution in [-0.4, -0.2) is 50.0 Å². The number of H-pyrrole nitrogens is 1. The van der Waals surface area contributed by atoms with Crippen LogP contribution < -0.4 is 9.04 Å². The van der Waals surface area contributed by atoms with Gasteiger partial charge >= 0.3 is 10.2 Å². The van der Waals surface area contributed by atoms with Gasteiger partial charge in [0, 0.05) is 26.4 Å². The summed E-state index contributed by atoms with van der Waals surface area (Å²) >= 11 is 0. The third-order valence-corrected chi connectivity index (χ3v) is 9.21. The van der Waals surface area contributed by atoms with E-state index in [1.54, 1.807) is 24.5 Å². The lowest BCUT2D eigenvalue weighted by molar-refractivity contribution is -0.123. The molecule has 4 rings (SSSR count). The minimum atomic E-state index is -3.99. The van der Waals surface area contributed by atoms with Crippen LogP contribution in [0.1, 0.15) is 16.7 Å². The number of amides is 1. The van der Waals surface area contributed by atoms with Crippen molar-refractivity contribution >= 4 is 42.0 Å². The van der Waals surface area contributed by atoms with Gasteiger partial charge in [0.1, 0.15) is 18.9 Å². The highest BCUT2D eigenvalue weighted by Gasteiger charge is 2.43. The summed E-state index contributed by atoms with van der Waals surface area (Å²) in [6, 6.07) is 15.7. The van der Waals surface area contributed by atoms with E-state index in [0.717, 1.165) is 25.3 Å². The van der Waals surface area contributed by atoms with Crippen LogP contribution in [0.25, 0.3) is 12.2 Å². The zero-order valence-electron chi connectivity index (χ0n) is 20.1. The zero-order valence-corrected chi connectivity index (χ0v) is 22.0. The van der Waals surface area contributed by atoms with E-state index in [9.17, 15) is 13.2 Å². The Morgan fingerprint density at radius 2 is 1.83 bits per heavy atom. The van der Waals surface area contributed by atoms with Crippen molar-refractivity contribution in [2.45, 2.75) is 32.3 Å². The van der Waals surface area contributed by atoms with Gasteiger partial charge < -0.3 is 4.74 Å². The van der Waals surface area contributed by atoms with Gasteiger partial charge in [-0.25, -0.2) is 8.61 Å². The van der Waals surface area contributed by atoms with Gasteiger partial charge in [-0.15, -0.1) is 0 Å². The van der Waals surface area contributed by atoms with Crippen LogP contribution in [0.4, 0.5) is 5.69 Å². The monoisotopic (exact) mass is 510 g/mol. The molecular weight excluding hydrogens is 480 g/mol. The molecule has 2 aromatic carbocycles. The van der Waals surface area contributed by atoms with E-state index in [2.05, 4.69) is 29.8 Å². The van der Waals surface area contributed by atoms with Gasteiger partial charge in [-0.1, -0.05) is 68.2 Å². The van der Waals surface area contributed by atoms with Crippen LogP contribution in [0.15, 0.2) is 60.9 Å². The number of benzene rings is 2. The first-order valence-electron chi connectivity index (χ1n) is 11.4. The molecule has 1 amide bonds. The minimum absolute atomic E-state index is 0.207. The maximum Gasteiger partial charge on any atom is 0.329 e. The number of nitrogens with zero attached hydrogens (tertiary/aromatic N) is 3. The Balaban J connectivity index is 1.65. The van der Waals surface area contributed by atoms with E-state index in [-0.39, 0.29) is 19.7 Å². The number of carbonyl (C=O) groups excluding carboxylic acids is 1. The molecule has 1 N–H and O–H groups in total. The number of carbonyl (C=O) groups is 1. The molecule has 1 saturated heterocycles. The number of anilines is 1. The zero-order chi connectivity index (χ0) is 25.1. The van der Waals surface area contributed by atoms with E-state index < -0.39 is 24.2 Å². The van der Waals surface area contributed by atoms with Gasteiger partial charge in [-0.3, -0.25) is 9.89 Å². The molecule has 35 heavy (non-hydrogen) atoms. The normalized spacial score (nSPS) is 15.8. The molecule has 0 aliphatic carbocycles. The average molecular weight is 511 g/mol. The molecular formula is C25H30N4O4SSi. The fraction of sp³-hybridized carbons (Fsp3) is 0.280. The van der Waals surface area contributed by atoms with E-state index in [0.29, 0.717) is 17.5 Å². The summed E-state index contributed by atoms with van der Waals surface area (Å²) in [4.78, 5) is 12.7. The van der Waals surface area contributed by atoms with E-state index in [1.807, 2.05) is 48.6 Å². The number of rotatable bonds is 9. The topological polar surface area (TPSA) is 95.6 Å². The van der Waals surface area contributed by atoms with Crippen molar-refractivity contribution in [2.75, 3.05) is 17.4 Å². The van der Waals surface area contributed by atoms with Gasteiger partial charge in [0.25, 0.3) is 5.91 Å². The highest BCUT2D eigenvalue weighted by Crippen LogP contribution is 2.36. The summed E-state index contributed by atoms with van der Waals surface area (Å²) < 4.78 is 35.0. The van der Waals surface area contributed by atoms with Crippen molar-refractivity contribution in [1.29, 1.82) is 0 Å². The van der Waals surface area contributed by atoms with Gasteiger partial charge in [0.2, 0.25) is 0 Å². The lowest BCUT2D eigenvalue weighted by atomic mass is 10.1. The largest absolute Gasteiger partial charge is 0.487 e. The Morgan fingerprint density at radius 1 is 1.09 bits per heavy atom. The number of hydrogen-bond donors (Lipinski definition) is 1. The standard InChI is InChI=1S/C25H30N4O4SSi/c1-35(2,3)14-13-28-25(30)18-29(34(28,31)32)23-12-11-20(9-10-22-16-26-27-17-22)15-24(23)33-19-21-7-5-4-6-8-21/h4-12,15-17H,13-14,18-19H2,1-3H3,(H,26,27)/b10-9+. The van der Waals surface area contributed by atoms with Crippen LogP contribution in [0.3, 0.4) is 0 Å². The van der Waals surface area contributed by atoms with Crippen molar-refractivity contribution in [2.24, 2.45) is 0 Å². The summed E-state index contributed by atoms with van der Waals surface area (Å²) in [7, 11) is -5.52. The predicted molar refractivity (Wildman–Crippen MR) is 141 cm³/mol. The second-order valence-corrected chi connectivity index (χ2v) is 17.1. The molecule has 184 valence electrons. The highest BCUT2D eigenvalue weighted by atomic mass is 32.2. The molecule has 3 aromatic rings. The molecule has 1 aliphatic heterocycles. The first-order chi connectivity index (χ1) is 16.6. The van der Waals surface area contributed by atoms with Crippen molar-refractivity contribution in [3.8, 4) is 5.75 Å². The molecule has 1 aliphatic rings. The smallest absolute Gasteiger partial charge is 0.329 e. The van der Waals surface area contributed by atoms with Gasteiger partial charge in [-0.2, -0.15) is 13.5 Å². The number of aromatic nitrogens is 2. The molecule has 0 bridgehead atoms. The second-order valence-electron chi connectivity index (χ2n) is 9.66. The first-order valence-corrected chi connectivity index (χ1v) is 16.5. The predicted octanol–water partition coefficient (Wildman–Crippen LogP) is 4.39. The summed E-state index contributed by atoms with van der Waals surface area (Å²) in [5.41, 5.74) is 3.04.